The number of imidazole rings is 1. The number of likely N-dealkylation sites (tertiary alicyclic amines) is 1. The Kier molecular flexibility index (Phi) is 5.10. The van der Waals surface area contributed by atoms with E-state index in [1.807, 2.05) is 29.4 Å². The van der Waals surface area contributed by atoms with Crippen molar-refractivity contribution in [3.05, 3.63) is 35.2 Å². The lowest BCUT2D eigenvalue weighted by molar-refractivity contribution is 0.0769. The highest BCUT2D eigenvalue weighted by atomic mass is 16.5. The lowest BCUT2D eigenvalue weighted by atomic mass is 10.2. The first kappa shape index (κ1) is 21.1. The SMILES string of the molecule is CCn1ncc(-c2nc3c(O[C@H]4CCN(C(=O)c5c(C)noc5C)C4)ncnc3n2C)c1C. The zero-order valence-corrected chi connectivity index (χ0v) is 19.4. The second kappa shape index (κ2) is 7.98. The van der Waals surface area contributed by atoms with E-state index >= 15 is 0 Å². The first-order chi connectivity index (χ1) is 15.9. The molecule has 0 spiro atoms. The molecule has 0 unspecified atom stereocenters. The summed E-state index contributed by atoms with van der Waals surface area (Å²) in [4.78, 5) is 28.3. The van der Waals surface area contributed by atoms with Gasteiger partial charge >= 0.3 is 0 Å². The highest BCUT2D eigenvalue weighted by Crippen LogP contribution is 2.30. The summed E-state index contributed by atoms with van der Waals surface area (Å²) in [7, 11) is 1.92. The minimum absolute atomic E-state index is 0.0891. The van der Waals surface area contributed by atoms with Crippen LogP contribution in [0.2, 0.25) is 0 Å². The number of carbonyl (C=O) groups excluding carboxylic acids is 1. The van der Waals surface area contributed by atoms with Gasteiger partial charge in [0.05, 0.1) is 24.0 Å². The van der Waals surface area contributed by atoms with Gasteiger partial charge in [0, 0.05) is 32.3 Å². The predicted octanol–water partition coefficient (Wildman–Crippen LogP) is 2.45. The Morgan fingerprint density at radius 1 is 1.27 bits per heavy atom. The molecule has 172 valence electrons. The van der Waals surface area contributed by atoms with Gasteiger partial charge in [-0.25, -0.2) is 9.97 Å². The Morgan fingerprint density at radius 3 is 2.79 bits per heavy atom. The molecule has 5 rings (SSSR count). The third-order valence-corrected chi connectivity index (χ3v) is 6.22. The highest BCUT2D eigenvalue weighted by molar-refractivity contribution is 5.96. The molecule has 1 aliphatic rings. The second-order valence-electron chi connectivity index (χ2n) is 8.28. The summed E-state index contributed by atoms with van der Waals surface area (Å²) in [6, 6.07) is 0. The van der Waals surface area contributed by atoms with E-state index in [4.69, 9.17) is 14.2 Å². The summed E-state index contributed by atoms with van der Waals surface area (Å²) >= 11 is 0. The number of nitrogens with zero attached hydrogens (tertiary/aromatic N) is 8. The van der Waals surface area contributed by atoms with Crippen molar-refractivity contribution in [2.45, 2.75) is 46.8 Å². The number of fused-ring (bicyclic) bond motifs is 1. The van der Waals surface area contributed by atoms with Crippen molar-refractivity contribution < 1.29 is 14.1 Å². The number of aromatic nitrogens is 7. The van der Waals surface area contributed by atoms with E-state index in [9.17, 15) is 4.79 Å². The summed E-state index contributed by atoms with van der Waals surface area (Å²) in [5, 5.41) is 8.32. The molecule has 33 heavy (non-hydrogen) atoms. The van der Waals surface area contributed by atoms with Crippen molar-refractivity contribution in [1.29, 1.82) is 0 Å². The average Bonchev–Trinajstić information content (AvgIpc) is 3.56. The zero-order chi connectivity index (χ0) is 23.3. The minimum Gasteiger partial charge on any atom is -0.471 e. The van der Waals surface area contributed by atoms with Gasteiger partial charge in [-0.3, -0.25) is 9.48 Å². The van der Waals surface area contributed by atoms with E-state index in [2.05, 4.69) is 27.1 Å². The fourth-order valence-electron chi connectivity index (χ4n) is 4.40. The van der Waals surface area contributed by atoms with E-state index < -0.39 is 0 Å². The summed E-state index contributed by atoms with van der Waals surface area (Å²) < 4.78 is 15.2. The smallest absolute Gasteiger partial charge is 0.259 e. The fraction of sp³-hybridized carbons (Fsp3) is 0.455. The molecule has 0 aliphatic carbocycles. The number of amides is 1. The van der Waals surface area contributed by atoms with Crippen LogP contribution < -0.4 is 4.74 Å². The normalized spacial score (nSPS) is 16.2. The summed E-state index contributed by atoms with van der Waals surface area (Å²) in [6.45, 7) is 9.43. The molecule has 1 saturated heterocycles. The van der Waals surface area contributed by atoms with Crippen LogP contribution in [0.15, 0.2) is 17.0 Å². The quantitative estimate of drug-likeness (QED) is 0.455. The molecule has 4 aromatic rings. The van der Waals surface area contributed by atoms with Gasteiger partial charge in [-0.1, -0.05) is 5.16 Å². The Labute approximate surface area is 190 Å². The Hall–Kier alpha value is -3.76. The lowest BCUT2D eigenvalue weighted by Crippen LogP contribution is -2.31. The van der Waals surface area contributed by atoms with Gasteiger partial charge in [-0.15, -0.1) is 0 Å². The molecule has 11 heteroatoms. The predicted molar refractivity (Wildman–Crippen MR) is 119 cm³/mol. The molecule has 1 amide bonds. The molecule has 0 aromatic carbocycles. The van der Waals surface area contributed by atoms with Gasteiger partial charge in [0.1, 0.15) is 29.6 Å². The zero-order valence-electron chi connectivity index (χ0n) is 19.4. The minimum atomic E-state index is -0.192. The van der Waals surface area contributed by atoms with Crippen LogP contribution in [0.1, 0.15) is 40.9 Å². The second-order valence-corrected chi connectivity index (χ2v) is 8.28. The van der Waals surface area contributed by atoms with Crippen LogP contribution >= 0.6 is 0 Å². The molecule has 4 aromatic heterocycles. The van der Waals surface area contributed by atoms with Crippen LogP contribution in [0.25, 0.3) is 22.6 Å². The maximum Gasteiger partial charge on any atom is 0.259 e. The van der Waals surface area contributed by atoms with Gasteiger partial charge in [0.25, 0.3) is 5.91 Å². The average molecular weight is 451 g/mol. The van der Waals surface area contributed by atoms with Gasteiger partial charge in [0.2, 0.25) is 5.88 Å². The van der Waals surface area contributed by atoms with E-state index in [-0.39, 0.29) is 12.0 Å². The van der Waals surface area contributed by atoms with E-state index in [0.717, 1.165) is 23.6 Å². The van der Waals surface area contributed by atoms with Crippen LogP contribution in [0.5, 0.6) is 5.88 Å². The standard InChI is InChI=1S/C22H26N8O3/c1-6-30-13(3)16(9-25-30)19-26-18-20(28(19)5)23-11-24-21(18)32-15-7-8-29(10-15)22(31)17-12(2)27-33-14(17)4/h9,11,15H,6-8,10H2,1-5H3/t15-/m0/s1. The number of carbonyl (C=O) groups is 1. The van der Waals surface area contributed by atoms with Gasteiger partial charge in [0.15, 0.2) is 11.2 Å². The van der Waals surface area contributed by atoms with Crippen molar-refractivity contribution in [3.63, 3.8) is 0 Å². The molecule has 1 fully saturated rings. The Bertz CT molecular complexity index is 1330. The highest BCUT2D eigenvalue weighted by Gasteiger charge is 2.32. The fourth-order valence-corrected chi connectivity index (χ4v) is 4.40. The van der Waals surface area contributed by atoms with Crippen LogP contribution in [0.4, 0.5) is 0 Å². The first-order valence-corrected chi connectivity index (χ1v) is 11.0. The third kappa shape index (κ3) is 3.43. The maximum absolute atomic E-state index is 12.9. The third-order valence-electron chi connectivity index (χ3n) is 6.22. The van der Waals surface area contributed by atoms with Gasteiger partial charge < -0.3 is 18.7 Å². The van der Waals surface area contributed by atoms with Crippen LogP contribution in [0.3, 0.4) is 0 Å². The number of ether oxygens (including phenoxy) is 1. The van der Waals surface area contributed by atoms with Crippen molar-refractivity contribution in [2.75, 3.05) is 13.1 Å². The van der Waals surface area contributed by atoms with Gasteiger partial charge in [-0.05, 0) is 27.7 Å². The number of aryl methyl sites for hydroxylation is 4. The molecule has 0 radical (unpaired) electrons. The molecule has 0 saturated carbocycles. The van der Waals surface area contributed by atoms with Crippen LogP contribution in [0, 0.1) is 20.8 Å². The van der Waals surface area contributed by atoms with E-state index in [1.165, 1.54) is 6.33 Å². The molecule has 5 heterocycles. The van der Waals surface area contributed by atoms with Crippen molar-refractivity contribution in [3.8, 4) is 17.3 Å². The van der Waals surface area contributed by atoms with Crippen LogP contribution in [-0.4, -0.2) is 64.5 Å². The Morgan fingerprint density at radius 2 is 2.09 bits per heavy atom. The maximum atomic E-state index is 12.9. The molecular weight excluding hydrogens is 424 g/mol. The molecule has 0 bridgehead atoms. The van der Waals surface area contributed by atoms with Crippen LogP contribution in [-0.2, 0) is 13.6 Å². The molecule has 1 atom stereocenters. The number of hydrogen-bond donors (Lipinski definition) is 0. The summed E-state index contributed by atoms with van der Waals surface area (Å²) in [5.41, 5.74) is 4.38. The first-order valence-electron chi connectivity index (χ1n) is 11.0. The van der Waals surface area contributed by atoms with Crippen molar-refractivity contribution in [1.82, 2.24) is 39.4 Å². The Balaban J connectivity index is 1.40. The number of hydrogen-bond acceptors (Lipinski definition) is 8. The topological polar surface area (TPSA) is 117 Å². The monoisotopic (exact) mass is 450 g/mol. The molecule has 1 aliphatic heterocycles. The summed E-state index contributed by atoms with van der Waals surface area (Å²) in [5.74, 6) is 1.61. The molecule has 11 nitrogen and oxygen atoms in total. The van der Waals surface area contributed by atoms with Crippen molar-refractivity contribution in [2.24, 2.45) is 7.05 Å². The number of rotatable bonds is 5. The van der Waals surface area contributed by atoms with E-state index in [1.54, 1.807) is 18.7 Å². The largest absolute Gasteiger partial charge is 0.471 e. The van der Waals surface area contributed by atoms with Gasteiger partial charge in [-0.2, -0.15) is 10.1 Å². The lowest BCUT2D eigenvalue weighted by Gasteiger charge is -2.16. The van der Waals surface area contributed by atoms with E-state index in [0.29, 0.717) is 53.6 Å². The van der Waals surface area contributed by atoms with Crippen molar-refractivity contribution >= 4 is 17.1 Å². The molecule has 0 N–H and O–H groups in total. The summed E-state index contributed by atoms with van der Waals surface area (Å²) in [6.07, 6.45) is 3.81. The molecular formula is C22H26N8O3.